The van der Waals surface area contributed by atoms with Gasteiger partial charge in [-0.3, -0.25) is 4.90 Å². The second-order valence-corrected chi connectivity index (χ2v) is 5.72. The molecule has 136 valence electrons. The summed E-state index contributed by atoms with van der Waals surface area (Å²) in [5.41, 5.74) is 0.702. The fraction of sp³-hybridized carbons (Fsp3) is 0.263. The smallest absolute Gasteiger partial charge is 0.339 e. The first-order valence-electron chi connectivity index (χ1n) is 8.27. The van der Waals surface area contributed by atoms with Crippen LogP contribution in [0.25, 0.3) is 0 Å². The fourth-order valence-electron chi connectivity index (χ4n) is 2.59. The molecule has 7 heteroatoms. The summed E-state index contributed by atoms with van der Waals surface area (Å²) in [6, 6.07) is 13.7. The average molecular weight is 358 g/mol. The molecular formula is C19H19FN2O4. The molecule has 0 aliphatic carbocycles. The number of benzene rings is 2. The van der Waals surface area contributed by atoms with Gasteiger partial charge in [0.05, 0.1) is 24.5 Å². The van der Waals surface area contributed by atoms with Gasteiger partial charge in [-0.05, 0) is 30.3 Å². The number of carbonyl (C=O) groups is 2. The van der Waals surface area contributed by atoms with E-state index in [0.717, 1.165) is 0 Å². The highest BCUT2D eigenvalue weighted by atomic mass is 19.1. The molecule has 0 aromatic heterocycles. The van der Waals surface area contributed by atoms with Gasteiger partial charge in [0.2, 0.25) is 0 Å². The molecule has 0 radical (unpaired) electrons. The van der Waals surface area contributed by atoms with Crippen LogP contribution < -0.4 is 4.90 Å². The average Bonchev–Trinajstić information content (AvgIpc) is 2.69. The zero-order valence-corrected chi connectivity index (χ0v) is 14.1. The van der Waals surface area contributed by atoms with Crippen molar-refractivity contribution in [1.82, 2.24) is 4.90 Å². The first-order chi connectivity index (χ1) is 12.6. The maximum Gasteiger partial charge on any atom is 0.339 e. The lowest BCUT2D eigenvalue weighted by molar-refractivity contribution is 0.0453. The van der Waals surface area contributed by atoms with Crippen LogP contribution in [0.4, 0.5) is 14.9 Å². The summed E-state index contributed by atoms with van der Waals surface area (Å²) in [6.45, 7) is 1.42. The Bertz CT molecular complexity index is 763. The first kappa shape index (κ1) is 17.9. The molecular weight excluding hydrogens is 339 g/mol. The Hall–Kier alpha value is -2.93. The molecule has 0 atom stereocenters. The van der Waals surface area contributed by atoms with E-state index >= 15 is 0 Å². The summed E-state index contributed by atoms with van der Waals surface area (Å²) in [4.78, 5) is 27.9. The predicted molar refractivity (Wildman–Crippen MR) is 93.4 cm³/mol. The third-order valence-corrected chi connectivity index (χ3v) is 3.97. The van der Waals surface area contributed by atoms with Crippen LogP contribution in [0, 0.1) is 5.82 Å². The zero-order chi connectivity index (χ0) is 18.4. The largest absolute Gasteiger partial charge is 0.440 e. The highest BCUT2D eigenvalue weighted by Crippen LogP contribution is 2.18. The molecule has 2 aromatic rings. The van der Waals surface area contributed by atoms with Crippen molar-refractivity contribution in [1.29, 1.82) is 0 Å². The van der Waals surface area contributed by atoms with E-state index in [4.69, 9.17) is 9.47 Å². The van der Waals surface area contributed by atoms with Crippen molar-refractivity contribution >= 4 is 17.7 Å². The van der Waals surface area contributed by atoms with Crippen molar-refractivity contribution in [2.24, 2.45) is 0 Å². The lowest BCUT2D eigenvalue weighted by Crippen LogP contribution is -2.49. The molecule has 0 saturated carbocycles. The molecule has 1 fully saturated rings. The van der Waals surface area contributed by atoms with Gasteiger partial charge in [0.1, 0.15) is 5.82 Å². The quantitative estimate of drug-likeness (QED) is 0.623. The second kappa shape index (κ2) is 8.44. The van der Waals surface area contributed by atoms with Crippen LogP contribution in [0.2, 0.25) is 0 Å². The summed E-state index contributed by atoms with van der Waals surface area (Å²) < 4.78 is 24.2. The fourth-order valence-corrected chi connectivity index (χ4v) is 2.59. The predicted octanol–water partition coefficient (Wildman–Crippen LogP) is 2.90. The molecule has 0 N–H and O–H groups in total. The maximum atomic E-state index is 13.6. The number of amides is 2. The van der Waals surface area contributed by atoms with E-state index in [1.165, 1.54) is 23.1 Å². The van der Waals surface area contributed by atoms with Gasteiger partial charge in [0, 0.05) is 13.1 Å². The monoisotopic (exact) mass is 358 g/mol. The molecule has 2 aromatic carbocycles. The Kier molecular flexibility index (Phi) is 5.80. The van der Waals surface area contributed by atoms with Crippen LogP contribution in [-0.4, -0.2) is 49.9 Å². The summed E-state index contributed by atoms with van der Waals surface area (Å²) in [6.07, 6.45) is 0. The number of ether oxygens (including phenoxy) is 2. The van der Waals surface area contributed by atoms with Gasteiger partial charge in [0.15, 0.2) is 6.73 Å². The van der Waals surface area contributed by atoms with E-state index in [1.807, 2.05) is 0 Å². The Labute approximate surface area is 150 Å². The molecule has 0 spiro atoms. The van der Waals surface area contributed by atoms with E-state index in [-0.39, 0.29) is 12.8 Å². The number of carbonyl (C=O) groups excluding carboxylic acids is 2. The molecule has 0 unspecified atom stereocenters. The number of halogens is 1. The SMILES string of the molecule is O=C(OCN(C(=O)N1CCOCC1)c1cccc(F)c1)c1ccccc1. The van der Waals surface area contributed by atoms with Crippen LogP contribution in [0.3, 0.4) is 0 Å². The van der Waals surface area contributed by atoms with Crippen molar-refractivity contribution in [2.45, 2.75) is 0 Å². The van der Waals surface area contributed by atoms with Crippen LogP contribution in [0.1, 0.15) is 10.4 Å². The van der Waals surface area contributed by atoms with Crippen LogP contribution in [0.5, 0.6) is 0 Å². The molecule has 3 rings (SSSR count). The molecule has 6 nitrogen and oxygen atoms in total. The first-order valence-corrected chi connectivity index (χ1v) is 8.27. The van der Waals surface area contributed by atoms with Crippen LogP contribution >= 0.6 is 0 Å². The molecule has 1 saturated heterocycles. The summed E-state index contributed by atoms with van der Waals surface area (Å²) >= 11 is 0. The Morgan fingerprint density at radius 2 is 1.81 bits per heavy atom. The lowest BCUT2D eigenvalue weighted by atomic mass is 10.2. The number of nitrogens with zero attached hydrogens (tertiary/aromatic N) is 2. The molecule has 0 bridgehead atoms. The van der Waals surface area contributed by atoms with Gasteiger partial charge in [-0.25, -0.2) is 14.0 Å². The number of hydrogen-bond donors (Lipinski definition) is 0. The number of urea groups is 1. The van der Waals surface area contributed by atoms with E-state index in [9.17, 15) is 14.0 Å². The normalized spacial score (nSPS) is 14.0. The lowest BCUT2D eigenvalue weighted by Gasteiger charge is -2.32. The van der Waals surface area contributed by atoms with Gasteiger partial charge in [-0.15, -0.1) is 0 Å². The number of morpholine rings is 1. The van der Waals surface area contributed by atoms with E-state index in [1.54, 1.807) is 41.3 Å². The molecule has 1 heterocycles. The number of esters is 1. The third kappa shape index (κ3) is 4.37. The summed E-state index contributed by atoms with van der Waals surface area (Å²) in [7, 11) is 0. The van der Waals surface area contributed by atoms with Crippen molar-refractivity contribution < 1.29 is 23.5 Å². The molecule has 2 amide bonds. The van der Waals surface area contributed by atoms with Crippen molar-refractivity contribution in [3.05, 3.63) is 66.0 Å². The number of rotatable bonds is 4. The van der Waals surface area contributed by atoms with Crippen molar-refractivity contribution in [3.8, 4) is 0 Å². The number of hydrogen-bond acceptors (Lipinski definition) is 4. The van der Waals surface area contributed by atoms with Gasteiger partial charge in [-0.2, -0.15) is 0 Å². The maximum absolute atomic E-state index is 13.6. The van der Waals surface area contributed by atoms with Gasteiger partial charge in [0.25, 0.3) is 0 Å². The topological polar surface area (TPSA) is 59.1 Å². The van der Waals surface area contributed by atoms with Gasteiger partial charge >= 0.3 is 12.0 Å². The summed E-state index contributed by atoms with van der Waals surface area (Å²) in [5.74, 6) is -1.03. The van der Waals surface area contributed by atoms with E-state index < -0.39 is 11.8 Å². The molecule has 1 aliphatic heterocycles. The van der Waals surface area contributed by atoms with Crippen molar-refractivity contribution in [2.75, 3.05) is 37.9 Å². The van der Waals surface area contributed by atoms with Gasteiger partial charge in [-0.1, -0.05) is 24.3 Å². The van der Waals surface area contributed by atoms with Crippen LogP contribution in [0.15, 0.2) is 54.6 Å². The minimum Gasteiger partial charge on any atom is -0.440 e. The van der Waals surface area contributed by atoms with Gasteiger partial charge < -0.3 is 14.4 Å². The van der Waals surface area contributed by atoms with Crippen molar-refractivity contribution in [3.63, 3.8) is 0 Å². The van der Waals surface area contributed by atoms with E-state index in [0.29, 0.717) is 37.6 Å². The van der Waals surface area contributed by atoms with E-state index in [2.05, 4.69) is 0 Å². The number of anilines is 1. The highest BCUT2D eigenvalue weighted by Gasteiger charge is 2.25. The Morgan fingerprint density at radius 3 is 2.50 bits per heavy atom. The Balaban J connectivity index is 1.76. The molecule has 26 heavy (non-hydrogen) atoms. The Morgan fingerprint density at radius 1 is 1.08 bits per heavy atom. The summed E-state index contributed by atoms with van der Waals surface area (Å²) in [5, 5.41) is 0. The zero-order valence-electron chi connectivity index (χ0n) is 14.1. The minimum atomic E-state index is -0.554. The standard InChI is InChI=1S/C19H19FN2O4/c20-16-7-4-8-17(13-16)22(19(24)21-9-11-25-12-10-21)14-26-18(23)15-5-2-1-3-6-15/h1-8,13H,9-12,14H2. The highest BCUT2D eigenvalue weighted by molar-refractivity contribution is 5.93. The molecule has 1 aliphatic rings. The second-order valence-electron chi connectivity index (χ2n) is 5.72. The van der Waals surface area contributed by atoms with Crippen LogP contribution in [-0.2, 0) is 9.47 Å². The third-order valence-electron chi connectivity index (χ3n) is 3.97. The minimum absolute atomic E-state index is 0.312.